The zero-order valence-electron chi connectivity index (χ0n) is 8.56. The van der Waals surface area contributed by atoms with E-state index in [1.54, 1.807) is 24.3 Å². The molecule has 2 rings (SSSR count). The smallest absolute Gasteiger partial charge is 0.123 e. The van der Waals surface area contributed by atoms with E-state index in [0.717, 1.165) is 5.56 Å². The fourth-order valence-corrected chi connectivity index (χ4v) is 1.54. The summed E-state index contributed by atoms with van der Waals surface area (Å²) >= 11 is 5.99. The number of phenolic OH excluding ortho intramolecular Hbond substituents is 1. The van der Waals surface area contributed by atoms with Crippen molar-refractivity contribution >= 4 is 11.6 Å². The monoisotopic (exact) mass is 234 g/mol. The van der Waals surface area contributed by atoms with Gasteiger partial charge < -0.3 is 9.84 Å². The van der Waals surface area contributed by atoms with Crippen LogP contribution in [-0.2, 0) is 6.61 Å². The van der Waals surface area contributed by atoms with Gasteiger partial charge in [0.1, 0.15) is 18.1 Å². The first-order chi connectivity index (χ1) is 7.75. The lowest BCUT2D eigenvalue weighted by molar-refractivity contribution is 0.304. The van der Waals surface area contributed by atoms with Crippen LogP contribution in [0.5, 0.6) is 11.5 Å². The second kappa shape index (κ2) is 4.90. The maximum absolute atomic E-state index is 9.26. The lowest BCUT2D eigenvalue weighted by Gasteiger charge is -2.07. The third-order valence-corrected chi connectivity index (χ3v) is 2.54. The van der Waals surface area contributed by atoms with E-state index < -0.39 is 0 Å². The number of benzene rings is 2. The van der Waals surface area contributed by atoms with Crippen molar-refractivity contribution in [3.05, 3.63) is 59.1 Å². The molecule has 0 spiro atoms. The molecular formula is C13H11ClO2. The first-order valence-electron chi connectivity index (χ1n) is 4.91. The van der Waals surface area contributed by atoms with E-state index in [2.05, 4.69) is 0 Å². The Balaban J connectivity index is 2.05. The number of hydrogen-bond acceptors (Lipinski definition) is 2. The van der Waals surface area contributed by atoms with Gasteiger partial charge in [0.15, 0.2) is 0 Å². The number of rotatable bonds is 3. The lowest BCUT2D eigenvalue weighted by atomic mass is 10.2. The Morgan fingerprint density at radius 2 is 1.88 bits per heavy atom. The van der Waals surface area contributed by atoms with Crippen molar-refractivity contribution in [1.82, 2.24) is 0 Å². The third kappa shape index (κ3) is 2.67. The van der Waals surface area contributed by atoms with Crippen molar-refractivity contribution in [2.75, 3.05) is 0 Å². The molecule has 2 nitrogen and oxygen atoms in total. The molecule has 0 aliphatic heterocycles. The normalized spacial score (nSPS) is 10.1. The molecule has 16 heavy (non-hydrogen) atoms. The Hall–Kier alpha value is -1.67. The van der Waals surface area contributed by atoms with E-state index in [1.165, 1.54) is 0 Å². The van der Waals surface area contributed by atoms with E-state index in [4.69, 9.17) is 16.3 Å². The van der Waals surface area contributed by atoms with Crippen molar-refractivity contribution in [3.8, 4) is 11.5 Å². The van der Waals surface area contributed by atoms with E-state index in [9.17, 15) is 5.11 Å². The van der Waals surface area contributed by atoms with Gasteiger partial charge in [-0.05, 0) is 18.2 Å². The van der Waals surface area contributed by atoms with Gasteiger partial charge >= 0.3 is 0 Å². The fourth-order valence-electron chi connectivity index (χ4n) is 1.35. The SMILES string of the molecule is Oc1cccc(OCc2ccccc2Cl)c1. The largest absolute Gasteiger partial charge is 0.508 e. The van der Waals surface area contributed by atoms with Gasteiger partial charge in [0.2, 0.25) is 0 Å². The molecule has 0 aliphatic carbocycles. The van der Waals surface area contributed by atoms with Gasteiger partial charge in [-0.15, -0.1) is 0 Å². The second-order valence-corrected chi connectivity index (χ2v) is 3.78. The number of ether oxygens (including phenoxy) is 1. The summed E-state index contributed by atoms with van der Waals surface area (Å²) < 4.78 is 5.51. The van der Waals surface area contributed by atoms with Crippen LogP contribution in [0.3, 0.4) is 0 Å². The summed E-state index contributed by atoms with van der Waals surface area (Å²) in [7, 11) is 0. The van der Waals surface area contributed by atoms with Gasteiger partial charge in [0, 0.05) is 16.7 Å². The van der Waals surface area contributed by atoms with E-state index in [0.29, 0.717) is 17.4 Å². The molecule has 0 saturated carbocycles. The minimum Gasteiger partial charge on any atom is -0.508 e. The summed E-state index contributed by atoms with van der Waals surface area (Å²) in [6, 6.07) is 14.2. The Labute approximate surface area is 99.1 Å². The van der Waals surface area contributed by atoms with Crippen LogP contribution in [0.25, 0.3) is 0 Å². The molecule has 1 N–H and O–H groups in total. The number of hydrogen-bond donors (Lipinski definition) is 1. The quantitative estimate of drug-likeness (QED) is 0.879. The molecule has 0 saturated heterocycles. The third-order valence-electron chi connectivity index (χ3n) is 2.17. The van der Waals surface area contributed by atoms with Gasteiger partial charge in [-0.2, -0.15) is 0 Å². The summed E-state index contributed by atoms with van der Waals surface area (Å²) in [6.07, 6.45) is 0. The van der Waals surface area contributed by atoms with Crippen LogP contribution in [0.4, 0.5) is 0 Å². The van der Waals surface area contributed by atoms with Crippen LogP contribution < -0.4 is 4.74 Å². The lowest BCUT2D eigenvalue weighted by Crippen LogP contribution is -1.95. The van der Waals surface area contributed by atoms with Crippen molar-refractivity contribution in [3.63, 3.8) is 0 Å². The maximum atomic E-state index is 9.26. The Morgan fingerprint density at radius 1 is 1.06 bits per heavy atom. The molecule has 82 valence electrons. The molecule has 0 radical (unpaired) electrons. The maximum Gasteiger partial charge on any atom is 0.123 e. The Morgan fingerprint density at radius 3 is 2.62 bits per heavy atom. The highest BCUT2D eigenvalue weighted by Gasteiger charge is 2.00. The van der Waals surface area contributed by atoms with Gasteiger partial charge in [-0.3, -0.25) is 0 Å². The molecule has 3 heteroatoms. The molecule has 0 unspecified atom stereocenters. The van der Waals surface area contributed by atoms with Crippen LogP contribution in [0.2, 0.25) is 5.02 Å². The summed E-state index contributed by atoms with van der Waals surface area (Å²) in [6.45, 7) is 0.392. The number of halogens is 1. The Kier molecular flexibility index (Phi) is 3.32. The zero-order valence-corrected chi connectivity index (χ0v) is 9.32. The topological polar surface area (TPSA) is 29.5 Å². The standard InChI is InChI=1S/C13H11ClO2/c14-13-7-2-1-4-10(13)9-16-12-6-3-5-11(15)8-12/h1-8,15H,9H2. The highest BCUT2D eigenvalue weighted by atomic mass is 35.5. The minimum atomic E-state index is 0.191. The van der Waals surface area contributed by atoms with Crippen LogP contribution >= 0.6 is 11.6 Å². The molecule has 0 atom stereocenters. The van der Waals surface area contributed by atoms with Crippen molar-refractivity contribution in [2.24, 2.45) is 0 Å². The molecule has 2 aromatic rings. The van der Waals surface area contributed by atoms with Gasteiger partial charge in [-0.25, -0.2) is 0 Å². The summed E-state index contributed by atoms with van der Waals surface area (Å²) in [4.78, 5) is 0. The van der Waals surface area contributed by atoms with Gasteiger partial charge in [-0.1, -0.05) is 35.9 Å². The second-order valence-electron chi connectivity index (χ2n) is 3.38. The Bertz CT molecular complexity index is 483. The predicted octanol–water partition coefficient (Wildman–Crippen LogP) is 3.62. The van der Waals surface area contributed by atoms with E-state index >= 15 is 0 Å². The molecule has 0 heterocycles. The highest BCUT2D eigenvalue weighted by molar-refractivity contribution is 6.31. The molecule has 0 aromatic heterocycles. The number of aromatic hydroxyl groups is 1. The average Bonchev–Trinajstić information content (AvgIpc) is 2.28. The first kappa shape index (κ1) is 10.8. The summed E-state index contributed by atoms with van der Waals surface area (Å²) in [5.41, 5.74) is 0.924. The van der Waals surface area contributed by atoms with Crippen LogP contribution in [-0.4, -0.2) is 5.11 Å². The molecule has 0 fully saturated rings. The highest BCUT2D eigenvalue weighted by Crippen LogP contribution is 2.21. The minimum absolute atomic E-state index is 0.191. The number of phenols is 1. The molecule has 0 aliphatic rings. The van der Waals surface area contributed by atoms with E-state index in [-0.39, 0.29) is 5.75 Å². The zero-order chi connectivity index (χ0) is 11.4. The predicted molar refractivity (Wildman–Crippen MR) is 63.9 cm³/mol. The summed E-state index contributed by atoms with van der Waals surface area (Å²) in [5, 5.41) is 9.94. The molecular weight excluding hydrogens is 224 g/mol. The van der Waals surface area contributed by atoms with Crippen molar-refractivity contribution in [1.29, 1.82) is 0 Å². The van der Waals surface area contributed by atoms with Crippen molar-refractivity contribution < 1.29 is 9.84 Å². The van der Waals surface area contributed by atoms with E-state index in [1.807, 2.05) is 24.3 Å². The molecule has 2 aromatic carbocycles. The van der Waals surface area contributed by atoms with Crippen molar-refractivity contribution in [2.45, 2.75) is 6.61 Å². The first-order valence-corrected chi connectivity index (χ1v) is 5.29. The average molecular weight is 235 g/mol. The molecule has 0 amide bonds. The van der Waals surface area contributed by atoms with Crippen LogP contribution in [0, 0.1) is 0 Å². The van der Waals surface area contributed by atoms with Gasteiger partial charge in [0.05, 0.1) is 0 Å². The van der Waals surface area contributed by atoms with Gasteiger partial charge in [0.25, 0.3) is 0 Å². The van der Waals surface area contributed by atoms with Crippen LogP contribution in [0.1, 0.15) is 5.56 Å². The summed E-state index contributed by atoms with van der Waals surface area (Å²) in [5.74, 6) is 0.816. The van der Waals surface area contributed by atoms with Crippen LogP contribution in [0.15, 0.2) is 48.5 Å². The molecule has 0 bridgehead atoms. The fraction of sp³-hybridized carbons (Fsp3) is 0.0769.